The fraction of sp³-hybridized carbons (Fsp3) is 0.556. The molecule has 2 aliphatic rings. The molecule has 2 amide bonds. The largest absolute Gasteiger partial charge is 0.352 e. The molecule has 0 radical (unpaired) electrons. The Balaban J connectivity index is 1.58. The van der Waals surface area contributed by atoms with Crippen LogP contribution in [0.4, 0.5) is 0 Å². The van der Waals surface area contributed by atoms with E-state index in [1.807, 2.05) is 38.1 Å². The first-order valence-corrected chi connectivity index (χ1v) is 14.4. The van der Waals surface area contributed by atoms with Gasteiger partial charge in [0.25, 0.3) is 5.91 Å². The minimum absolute atomic E-state index is 0.100. The summed E-state index contributed by atoms with van der Waals surface area (Å²) in [6, 6.07) is 4.24. The number of benzene rings is 1. The molecular formula is C27H39N3O4S. The lowest BCUT2D eigenvalue weighted by Gasteiger charge is -2.36. The second kappa shape index (κ2) is 12.0. The molecule has 1 aromatic rings. The van der Waals surface area contributed by atoms with Gasteiger partial charge in [0.15, 0.2) is 9.84 Å². The summed E-state index contributed by atoms with van der Waals surface area (Å²) in [4.78, 5) is 25.4. The third-order valence-corrected chi connectivity index (χ3v) is 8.50. The fourth-order valence-electron chi connectivity index (χ4n) is 4.61. The minimum Gasteiger partial charge on any atom is -0.352 e. The summed E-state index contributed by atoms with van der Waals surface area (Å²) in [5.74, 6) is -0.440. The molecule has 1 aliphatic heterocycles. The average molecular weight is 502 g/mol. The van der Waals surface area contributed by atoms with Crippen LogP contribution < -0.4 is 16.0 Å². The molecule has 1 saturated heterocycles. The van der Waals surface area contributed by atoms with Crippen molar-refractivity contribution < 1.29 is 18.0 Å². The first-order chi connectivity index (χ1) is 16.6. The van der Waals surface area contributed by atoms with Crippen LogP contribution in [-0.4, -0.2) is 50.7 Å². The summed E-state index contributed by atoms with van der Waals surface area (Å²) in [5.41, 5.74) is 3.19. The van der Waals surface area contributed by atoms with Gasteiger partial charge in [-0.3, -0.25) is 14.9 Å². The predicted octanol–water partition coefficient (Wildman–Crippen LogP) is 2.87. The van der Waals surface area contributed by atoms with Crippen LogP contribution in [0, 0.1) is 19.8 Å². The van der Waals surface area contributed by atoms with Gasteiger partial charge in [0, 0.05) is 12.1 Å². The summed E-state index contributed by atoms with van der Waals surface area (Å²) in [6.45, 7) is 8.76. The number of amides is 2. The first kappa shape index (κ1) is 27.1. The van der Waals surface area contributed by atoms with Gasteiger partial charge < -0.3 is 10.6 Å². The molecule has 0 bridgehead atoms. The maximum atomic E-state index is 12.9. The van der Waals surface area contributed by atoms with Crippen molar-refractivity contribution in [3.63, 3.8) is 0 Å². The van der Waals surface area contributed by atoms with Crippen molar-refractivity contribution in [3.8, 4) is 0 Å². The number of sulfone groups is 1. The average Bonchev–Trinajstić information content (AvgIpc) is 2.81. The standard InChI is InChI=1S/C27H39N3O4S/c1-5-7-8-20(6-2)15-28-26(31)21-11-12-23-24(14-21)30-27(32)25(29-23)17-35(33,34)16-22-13-18(3)9-10-19(22)4/h9-14,20,23-25,29H,5-8,15-17H2,1-4H3,(H,28,31)(H,30,32)/t20-,23?,24?,25-/m0/s1. The quantitative estimate of drug-likeness (QED) is 0.433. The van der Waals surface area contributed by atoms with Crippen LogP contribution in [0.5, 0.6) is 0 Å². The van der Waals surface area contributed by atoms with E-state index in [-0.39, 0.29) is 29.4 Å². The van der Waals surface area contributed by atoms with Gasteiger partial charge in [-0.15, -0.1) is 0 Å². The number of aryl methyl sites for hydroxylation is 2. The molecule has 4 atom stereocenters. The zero-order valence-electron chi connectivity index (χ0n) is 21.3. The summed E-state index contributed by atoms with van der Waals surface area (Å²) < 4.78 is 25.8. The van der Waals surface area contributed by atoms with Crippen LogP contribution in [0.2, 0.25) is 0 Å². The highest BCUT2D eigenvalue weighted by Gasteiger charge is 2.37. The Kier molecular flexibility index (Phi) is 9.30. The van der Waals surface area contributed by atoms with Crippen molar-refractivity contribution in [3.05, 3.63) is 58.7 Å². The second-order valence-corrected chi connectivity index (χ2v) is 12.0. The Morgan fingerprint density at radius 1 is 1.17 bits per heavy atom. The lowest BCUT2D eigenvalue weighted by atomic mass is 9.93. The van der Waals surface area contributed by atoms with E-state index >= 15 is 0 Å². The number of hydrogen-bond acceptors (Lipinski definition) is 5. The highest BCUT2D eigenvalue weighted by atomic mass is 32.2. The van der Waals surface area contributed by atoms with Gasteiger partial charge in [0.1, 0.15) is 6.04 Å². The summed E-state index contributed by atoms with van der Waals surface area (Å²) >= 11 is 0. The topological polar surface area (TPSA) is 104 Å². The van der Waals surface area contributed by atoms with Crippen molar-refractivity contribution in [2.24, 2.45) is 5.92 Å². The van der Waals surface area contributed by atoms with Crippen LogP contribution >= 0.6 is 0 Å². The van der Waals surface area contributed by atoms with Gasteiger partial charge in [0.05, 0.1) is 23.6 Å². The first-order valence-electron chi connectivity index (χ1n) is 12.6. The zero-order valence-corrected chi connectivity index (χ0v) is 22.1. The number of hydrogen-bond donors (Lipinski definition) is 3. The molecule has 0 spiro atoms. The number of nitrogens with one attached hydrogen (secondary N) is 3. The summed E-state index contributed by atoms with van der Waals surface area (Å²) in [7, 11) is -3.52. The van der Waals surface area contributed by atoms with Crippen LogP contribution in [0.15, 0.2) is 42.0 Å². The number of carbonyl (C=O) groups excluding carboxylic acids is 2. The van der Waals surface area contributed by atoms with Gasteiger partial charge in [-0.1, -0.05) is 69.0 Å². The summed E-state index contributed by atoms with van der Waals surface area (Å²) in [6.07, 6.45) is 9.74. The normalized spacial score (nSPS) is 22.7. The summed E-state index contributed by atoms with van der Waals surface area (Å²) in [5, 5.41) is 9.07. The van der Waals surface area contributed by atoms with Gasteiger partial charge in [-0.25, -0.2) is 8.42 Å². The number of rotatable bonds is 11. The van der Waals surface area contributed by atoms with Gasteiger partial charge in [-0.2, -0.15) is 0 Å². The van der Waals surface area contributed by atoms with Crippen LogP contribution in [0.3, 0.4) is 0 Å². The monoisotopic (exact) mass is 501 g/mol. The van der Waals surface area contributed by atoms with Crippen LogP contribution in [0.25, 0.3) is 0 Å². The van der Waals surface area contributed by atoms with Crippen molar-refractivity contribution in [2.75, 3.05) is 12.3 Å². The van der Waals surface area contributed by atoms with Crippen molar-refractivity contribution in [1.29, 1.82) is 0 Å². The Bertz CT molecular complexity index is 1090. The molecule has 3 N–H and O–H groups in total. The van der Waals surface area contributed by atoms with E-state index in [1.165, 1.54) is 0 Å². The molecule has 1 aliphatic carbocycles. The maximum Gasteiger partial charge on any atom is 0.251 e. The highest BCUT2D eigenvalue weighted by molar-refractivity contribution is 7.90. The molecule has 1 aromatic carbocycles. The number of fused-ring (bicyclic) bond motifs is 1. The minimum atomic E-state index is -3.52. The lowest BCUT2D eigenvalue weighted by Crippen LogP contribution is -2.65. The Hall–Kier alpha value is -2.45. The molecule has 2 unspecified atom stereocenters. The highest BCUT2D eigenvalue weighted by Crippen LogP contribution is 2.19. The molecule has 7 nitrogen and oxygen atoms in total. The lowest BCUT2D eigenvalue weighted by molar-refractivity contribution is -0.125. The number of piperazine rings is 1. The van der Waals surface area contributed by atoms with Gasteiger partial charge >= 0.3 is 0 Å². The Morgan fingerprint density at radius 3 is 2.66 bits per heavy atom. The van der Waals surface area contributed by atoms with E-state index in [2.05, 4.69) is 29.8 Å². The number of unbranched alkanes of at least 4 members (excludes halogenated alkanes) is 1. The molecule has 8 heteroatoms. The van der Waals surface area contributed by atoms with Crippen LogP contribution in [0.1, 0.15) is 56.2 Å². The Labute approximate surface area is 209 Å². The van der Waals surface area contributed by atoms with Crippen molar-refractivity contribution in [1.82, 2.24) is 16.0 Å². The fourth-order valence-corrected chi connectivity index (χ4v) is 6.26. The van der Waals surface area contributed by atoms with E-state index in [0.29, 0.717) is 18.0 Å². The van der Waals surface area contributed by atoms with E-state index < -0.39 is 21.9 Å². The smallest absolute Gasteiger partial charge is 0.251 e. The molecule has 3 rings (SSSR count). The van der Waals surface area contributed by atoms with Gasteiger partial charge in [-0.05, 0) is 43.4 Å². The Morgan fingerprint density at radius 2 is 1.94 bits per heavy atom. The third kappa shape index (κ3) is 7.51. The molecule has 0 aromatic heterocycles. The number of carbonyl (C=O) groups is 2. The van der Waals surface area contributed by atoms with E-state index in [0.717, 1.165) is 42.4 Å². The molecule has 35 heavy (non-hydrogen) atoms. The zero-order chi connectivity index (χ0) is 25.6. The van der Waals surface area contributed by atoms with Crippen LogP contribution in [-0.2, 0) is 25.2 Å². The van der Waals surface area contributed by atoms with Gasteiger partial charge in [0.2, 0.25) is 5.91 Å². The SMILES string of the molecule is CCCC[C@H](CC)CNC(=O)C1=CC2NC(=O)[C@H](CS(=O)(=O)Cc3cc(C)ccc3C)NC2C=C1. The second-order valence-electron chi connectivity index (χ2n) is 9.87. The molecule has 192 valence electrons. The molecule has 1 fully saturated rings. The maximum absolute atomic E-state index is 12.9. The molecule has 1 heterocycles. The predicted molar refractivity (Wildman–Crippen MR) is 140 cm³/mol. The van der Waals surface area contributed by atoms with Crippen molar-refractivity contribution >= 4 is 21.7 Å². The van der Waals surface area contributed by atoms with E-state index in [9.17, 15) is 18.0 Å². The van der Waals surface area contributed by atoms with Crippen molar-refractivity contribution in [2.45, 2.75) is 77.3 Å². The van der Waals surface area contributed by atoms with E-state index in [4.69, 9.17) is 0 Å². The third-order valence-electron chi connectivity index (χ3n) is 6.91. The van der Waals surface area contributed by atoms with E-state index in [1.54, 1.807) is 12.2 Å². The molecular weight excluding hydrogens is 462 g/mol. The molecule has 0 saturated carbocycles.